The first-order valence-electron chi connectivity index (χ1n) is 8.46. The van der Waals surface area contributed by atoms with Gasteiger partial charge in [-0.3, -0.25) is 9.59 Å². The molecule has 3 atom stereocenters. The van der Waals surface area contributed by atoms with Gasteiger partial charge in [-0.1, -0.05) is 12.1 Å². The average molecular weight is 362 g/mol. The Morgan fingerprint density at radius 2 is 2.04 bits per heavy atom. The maximum atomic E-state index is 12.4. The molecule has 26 heavy (non-hydrogen) atoms. The van der Waals surface area contributed by atoms with Gasteiger partial charge in [-0.15, -0.1) is 0 Å². The average Bonchev–Trinajstić information content (AvgIpc) is 3.13. The van der Waals surface area contributed by atoms with Crippen molar-refractivity contribution in [3.05, 3.63) is 47.0 Å². The molecule has 0 radical (unpaired) electrons. The van der Waals surface area contributed by atoms with Crippen LogP contribution in [0.5, 0.6) is 0 Å². The van der Waals surface area contributed by atoms with Crippen LogP contribution in [0, 0.1) is 0 Å². The Morgan fingerprint density at radius 3 is 2.85 bits per heavy atom. The number of hydrogen-bond donors (Lipinski definition) is 4. The SMILES string of the molecule is O=C(NCc1cccc(C(=O)NCCO)c1)C1=CC2OCOC2C(O)C1. The van der Waals surface area contributed by atoms with E-state index in [9.17, 15) is 14.7 Å². The Kier molecular flexibility index (Phi) is 6.00. The van der Waals surface area contributed by atoms with Crippen LogP contribution in [0.1, 0.15) is 22.3 Å². The molecule has 1 heterocycles. The van der Waals surface area contributed by atoms with Crippen molar-refractivity contribution in [2.45, 2.75) is 31.3 Å². The Morgan fingerprint density at radius 1 is 1.19 bits per heavy atom. The Bertz CT molecular complexity index is 705. The van der Waals surface area contributed by atoms with Gasteiger partial charge in [-0.05, 0) is 23.8 Å². The van der Waals surface area contributed by atoms with Gasteiger partial charge in [0.2, 0.25) is 5.91 Å². The molecule has 0 aromatic heterocycles. The summed E-state index contributed by atoms with van der Waals surface area (Å²) >= 11 is 0. The monoisotopic (exact) mass is 362 g/mol. The molecule has 1 aromatic carbocycles. The first-order chi connectivity index (χ1) is 12.6. The standard InChI is InChI=1S/C18H22N2O6/c21-5-4-19-17(23)12-3-1-2-11(6-12)9-20-18(24)13-7-14(22)16-15(8-13)25-10-26-16/h1-3,6,8,14-16,21-22H,4-5,7,9-10H2,(H,19,23)(H,20,24). The summed E-state index contributed by atoms with van der Waals surface area (Å²) in [6.07, 6.45) is 0.309. The topological polar surface area (TPSA) is 117 Å². The van der Waals surface area contributed by atoms with Crippen molar-refractivity contribution >= 4 is 11.8 Å². The predicted molar refractivity (Wildman–Crippen MR) is 91.0 cm³/mol. The van der Waals surface area contributed by atoms with E-state index in [2.05, 4.69) is 10.6 Å². The molecular weight excluding hydrogens is 340 g/mol. The molecule has 1 saturated heterocycles. The Balaban J connectivity index is 1.59. The van der Waals surface area contributed by atoms with E-state index in [1.165, 1.54) is 0 Å². The van der Waals surface area contributed by atoms with E-state index in [0.29, 0.717) is 11.1 Å². The highest BCUT2D eigenvalue weighted by Gasteiger charge is 2.39. The summed E-state index contributed by atoms with van der Waals surface area (Å²) in [6.45, 7) is 0.422. The molecule has 0 spiro atoms. The van der Waals surface area contributed by atoms with Crippen molar-refractivity contribution in [3.8, 4) is 0 Å². The van der Waals surface area contributed by atoms with Crippen LogP contribution >= 0.6 is 0 Å². The maximum absolute atomic E-state index is 12.4. The summed E-state index contributed by atoms with van der Waals surface area (Å²) in [5.41, 5.74) is 1.68. The maximum Gasteiger partial charge on any atom is 0.251 e. The van der Waals surface area contributed by atoms with E-state index in [-0.39, 0.29) is 44.7 Å². The number of carbonyl (C=O) groups excluding carboxylic acids is 2. The third-order valence-corrected chi connectivity index (χ3v) is 4.35. The molecule has 8 heteroatoms. The summed E-state index contributed by atoms with van der Waals surface area (Å²) in [6, 6.07) is 6.88. The molecule has 3 unspecified atom stereocenters. The Hall–Kier alpha value is -2.26. The molecule has 0 bridgehead atoms. The number of aliphatic hydroxyl groups excluding tert-OH is 2. The van der Waals surface area contributed by atoms with Gasteiger partial charge < -0.3 is 30.3 Å². The summed E-state index contributed by atoms with van der Waals surface area (Å²) in [5.74, 6) is -0.567. The van der Waals surface area contributed by atoms with Crippen LogP contribution in [0.3, 0.4) is 0 Å². The molecule has 4 N–H and O–H groups in total. The van der Waals surface area contributed by atoms with Gasteiger partial charge >= 0.3 is 0 Å². The number of rotatable bonds is 6. The molecule has 2 aliphatic rings. The zero-order chi connectivity index (χ0) is 18.5. The third-order valence-electron chi connectivity index (χ3n) is 4.35. The predicted octanol–water partition coefficient (Wildman–Crippen LogP) is -0.543. The number of aliphatic hydroxyl groups is 2. The number of carbonyl (C=O) groups is 2. The van der Waals surface area contributed by atoms with Crippen LogP contribution in [0.25, 0.3) is 0 Å². The van der Waals surface area contributed by atoms with Crippen LogP contribution in [-0.4, -0.2) is 60.3 Å². The zero-order valence-corrected chi connectivity index (χ0v) is 14.2. The molecule has 140 valence electrons. The van der Waals surface area contributed by atoms with Crippen LogP contribution < -0.4 is 10.6 Å². The van der Waals surface area contributed by atoms with Gasteiger partial charge in [0, 0.05) is 30.6 Å². The lowest BCUT2D eigenvalue weighted by atomic mass is 9.92. The summed E-state index contributed by atoms with van der Waals surface area (Å²) in [5, 5.41) is 24.2. The van der Waals surface area contributed by atoms with Crippen LogP contribution in [0.4, 0.5) is 0 Å². The smallest absolute Gasteiger partial charge is 0.251 e. The second-order valence-electron chi connectivity index (χ2n) is 6.21. The lowest BCUT2D eigenvalue weighted by Gasteiger charge is -2.26. The van der Waals surface area contributed by atoms with Gasteiger partial charge in [-0.2, -0.15) is 0 Å². The number of amides is 2. The zero-order valence-electron chi connectivity index (χ0n) is 14.2. The number of hydrogen-bond acceptors (Lipinski definition) is 6. The van der Waals surface area contributed by atoms with E-state index in [1.54, 1.807) is 30.3 Å². The van der Waals surface area contributed by atoms with Crippen molar-refractivity contribution in [2.24, 2.45) is 0 Å². The van der Waals surface area contributed by atoms with Crippen molar-refractivity contribution in [1.82, 2.24) is 10.6 Å². The summed E-state index contributed by atoms with van der Waals surface area (Å²) in [4.78, 5) is 24.3. The van der Waals surface area contributed by atoms with Gasteiger partial charge in [0.15, 0.2) is 0 Å². The summed E-state index contributed by atoms with van der Waals surface area (Å²) in [7, 11) is 0. The van der Waals surface area contributed by atoms with E-state index in [4.69, 9.17) is 14.6 Å². The number of ether oxygens (including phenoxy) is 2. The van der Waals surface area contributed by atoms with Gasteiger partial charge in [0.05, 0.1) is 12.7 Å². The molecule has 1 fully saturated rings. The second kappa shape index (κ2) is 8.41. The quantitative estimate of drug-likeness (QED) is 0.540. The van der Waals surface area contributed by atoms with Crippen LogP contribution in [-0.2, 0) is 20.8 Å². The molecule has 1 aromatic rings. The van der Waals surface area contributed by atoms with Crippen LogP contribution in [0.2, 0.25) is 0 Å². The number of nitrogens with one attached hydrogen (secondary N) is 2. The van der Waals surface area contributed by atoms with E-state index >= 15 is 0 Å². The van der Waals surface area contributed by atoms with E-state index in [1.807, 2.05) is 0 Å². The normalized spacial score (nSPS) is 24.5. The van der Waals surface area contributed by atoms with Crippen LogP contribution in [0.15, 0.2) is 35.9 Å². The molecular formula is C18H22N2O6. The van der Waals surface area contributed by atoms with Gasteiger partial charge in [-0.25, -0.2) is 0 Å². The second-order valence-corrected chi connectivity index (χ2v) is 6.21. The van der Waals surface area contributed by atoms with Gasteiger partial charge in [0.25, 0.3) is 5.91 Å². The van der Waals surface area contributed by atoms with Crippen molar-refractivity contribution in [3.63, 3.8) is 0 Å². The minimum absolute atomic E-state index is 0.114. The fourth-order valence-electron chi connectivity index (χ4n) is 3.03. The largest absolute Gasteiger partial charge is 0.395 e. The molecule has 1 aliphatic heterocycles. The first-order valence-corrected chi connectivity index (χ1v) is 8.46. The molecule has 8 nitrogen and oxygen atoms in total. The lowest BCUT2D eigenvalue weighted by Crippen LogP contribution is -2.40. The Labute approximate surface area is 150 Å². The highest BCUT2D eigenvalue weighted by Crippen LogP contribution is 2.28. The highest BCUT2D eigenvalue weighted by molar-refractivity contribution is 5.95. The van der Waals surface area contributed by atoms with Gasteiger partial charge in [0.1, 0.15) is 19.0 Å². The molecule has 3 rings (SSSR count). The highest BCUT2D eigenvalue weighted by atomic mass is 16.7. The summed E-state index contributed by atoms with van der Waals surface area (Å²) < 4.78 is 10.6. The molecule has 2 amide bonds. The van der Waals surface area contributed by atoms with E-state index < -0.39 is 18.3 Å². The number of benzene rings is 1. The van der Waals surface area contributed by atoms with Crippen molar-refractivity contribution in [2.75, 3.05) is 19.9 Å². The molecule has 0 saturated carbocycles. The lowest BCUT2D eigenvalue weighted by molar-refractivity contribution is -0.118. The third kappa shape index (κ3) is 4.28. The molecule has 1 aliphatic carbocycles. The fourth-order valence-corrected chi connectivity index (χ4v) is 3.03. The number of fused-ring (bicyclic) bond motifs is 1. The first kappa shape index (κ1) is 18.5. The van der Waals surface area contributed by atoms with Crippen molar-refractivity contribution < 1.29 is 29.3 Å². The minimum atomic E-state index is -0.771. The van der Waals surface area contributed by atoms with E-state index in [0.717, 1.165) is 5.56 Å². The minimum Gasteiger partial charge on any atom is -0.395 e. The fraction of sp³-hybridized carbons (Fsp3) is 0.444. The van der Waals surface area contributed by atoms with Crippen molar-refractivity contribution in [1.29, 1.82) is 0 Å².